The van der Waals surface area contributed by atoms with E-state index in [1.165, 1.54) is 12.5 Å². The number of rotatable bonds is 10. The number of aromatic nitrogens is 1. The molecule has 0 atom stereocenters. The summed E-state index contributed by atoms with van der Waals surface area (Å²) in [4.78, 5) is 27.8. The highest BCUT2D eigenvalue weighted by atomic mass is 16.3. The quantitative estimate of drug-likeness (QED) is 0.374. The fraction of sp³-hybridized carbons (Fsp3) is 0.261. The first-order chi connectivity index (χ1) is 13.7. The maximum Gasteiger partial charge on any atom is 0.263 e. The van der Waals surface area contributed by atoms with Gasteiger partial charge in [-0.1, -0.05) is 55.3 Å². The molecule has 0 saturated carbocycles. The zero-order valence-corrected chi connectivity index (χ0v) is 15.8. The first-order valence-corrected chi connectivity index (χ1v) is 9.60. The summed E-state index contributed by atoms with van der Waals surface area (Å²) in [6.07, 6.45) is 7.18. The number of anilines is 1. The first kappa shape index (κ1) is 19.5. The van der Waals surface area contributed by atoms with E-state index in [0.717, 1.165) is 42.5 Å². The maximum atomic E-state index is 12.2. The molecule has 1 aromatic heterocycles. The van der Waals surface area contributed by atoms with Gasteiger partial charge in [0.05, 0.1) is 6.20 Å². The molecule has 3 rings (SSSR count). The molecule has 2 aromatic carbocycles. The number of hydrogen-bond donors (Lipinski definition) is 1. The molecule has 1 N–H and O–H groups in total. The zero-order valence-electron chi connectivity index (χ0n) is 15.8. The zero-order chi connectivity index (χ0) is 19.6. The molecule has 0 aliphatic carbocycles. The second-order valence-electron chi connectivity index (χ2n) is 6.67. The van der Waals surface area contributed by atoms with E-state index in [4.69, 9.17) is 4.42 Å². The highest BCUT2D eigenvalue weighted by molar-refractivity contribution is 5.92. The highest BCUT2D eigenvalue weighted by Crippen LogP contribution is 2.22. The molecule has 0 bridgehead atoms. The van der Waals surface area contributed by atoms with Gasteiger partial charge < -0.3 is 9.73 Å². The Morgan fingerprint density at radius 3 is 2.36 bits per heavy atom. The molecule has 0 radical (unpaired) electrons. The standard InChI is InChI=1S/C23H24N2O3/c26-21(23-24-15-16-28-23)13-6-1-2-7-14-22(27)25-20-12-8-11-19(17-20)18-9-4-3-5-10-18/h3-5,8-12,15-17H,1-2,6-7,13-14H2,(H,25,27). The van der Waals surface area contributed by atoms with Crippen molar-refractivity contribution >= 4 is 17.4 Å². The first-order valence-electron chi connectivity index (χ1n) is 9.60. The van der Waals surface area contributed by atoms with Crippen LogP contribution in [0.15, 0.2) is 71.5 Å². The van der Waals surface area contributed by atoms with Crippen LogP contribution in [0.4, 0.5) is 5.69 Å². The summed E-state index contributed by atoms with van der Waals surface area (Å²) in [5.41, 5.74) is 3.01. The van der Waals surface area contributed by atoms with Crippen molar-refractivity contribution in [3.8, 4) is 11.1 Å². The van der Waals surface area contributed by atoms with Crippen molar-refractivity contribution in [2.24, 2.45) is 0 Å². The summed E-state index contributed by atoms with van der Waals surface area (Å²) in [6, 6.07) is 18.0. The Labute approximate surface area is 164 Å². The number of hydrogen-bond acceptors (Lipinski definition) is 4. The van der Waals surface area contributed by atoms with Crippen LogP contribution in [0.25, 0.3) is 11.1 Å². The summed E-state index contributed by atoms with van der Waals surface area (Å²) in [7, 11) is 0. The minimum Gasteiger partial charge on any atom is -0.442 e. The van der Waals surface area contributed by atoms with Crippen LogP contribution < -0.4 is 5.32 Å². The number of ketones is 1. The van der Waals surface area contributed by atoms with E-state index >= 15 is 0 Å². The fourth-order valence-electron chi connectivity index (χ4n) is 3.02. The van der Waals surface area contributed by atoms with Gasteiger partial charge in [0.25, 0.3) is 5.89 Å². The molecule has 5 heteroatoms. The van der Waals surface area contributed by atoms with E-state index in [1.807, 2.05) is 54.6 Å². The van der Waals surface area contributed by atoms with Gasteiger partial charge in [0.1, 0.15) is 6.26 Å². The number of carbonyl (C=O) groups excluding carboxylic acids is 2. The lowest BCUT2D eigenvalue weighted by atomic mass is 10.1. The summed E-state index contributed by atoms with van der Waals surface area (Å²) in [5.74, 6) is 0.124. The molecule has 0 aliphatic heterocycles. The van der Waals surface area contributed by atoms with Crippen molar-refractivity contribution in [1.29, 1.82) is 0 Å². The molecule has 0 aliphatic rings. The molecule has 1 heterocycles. The normalized spacial score (nSPS) is 10.6. The molecule has 5 nitrogen and oxygen atoms in total. The van der Waals surface area contributed by atoms with Crippen LogP contribution in [0, 0.1) is 0 Å². The lowest BCUT2D eigenvalue weighted by molar-refractivity contribution is -0.116. The average Bonchev–Trinajstić information content (AvgIpc) is 3.26. The topological polar surface area (TPSA) is 72.2 Å². The number of nitrogens with one attached hydrogen (secondary N) is 1. The molecule has 0 saturated heterocycles. The Morgan fingerprint density at radius 1 is 0.857 bits per heavy atom. The van der Waals surface area contributed by atoms with Crippen LogP contribution in [-0.4, -0.2) is 16.7 Å². The van der Waals surface area contributed by atoms with Crippen molar-refractivity contribution in [3.05, 3.63) is 72.9 Å². The predicted molar refractivity (Wildman–Crippen MR) is 109 cm³/mol. The summed E-state index contributed by atoms with van der Waals surface area (Å²) in [6.45, 7) is 0. The van der Waals surface area contributed by atoms with Gasteiger partial charge >= 0.3 is 0 Å². The van der Waals surface area contributed by atoms with Gasteiger partial charge in [-0.25, -0.2) is 4.98 Å². The van der Waals surface area contributed by atoms with Crippen LogP contribution in [0.1, 0.15) is 49.2 Å². The highest BCUT2D eigenvalue weighted by Gasteiger charge is 2.10. The molecule has 28 heavy (non-hydrogen) atoms. The molecule has 1 amide bonds. The van der Waals surface area contributed by atoms with Crippen LogP contribution in [0.2, 0.25) is 0 Å². The Bertz CT molecular complexity index is 889. The smallest absolute Gasteiger partial charge is 0.263 e. The SMILES string of the molecule is O=C(CCCCCCC(=O)c1ncco1)Nc1cccc(-c2ccccc2)c1. The number of benzene rings is 2. The summed E-state index contributed by atoms with van der Waals surface area (Å²) in [5, 5.41) is 2.97. The molecule has 0 unspecified atom stereocenters. The van der Waals surface area contributed by atoms with E-state index in [-0.39, 0.29) is 17.6 Å². The largest absolute Gasteiger partial charge is 0.442 e. The van der Waals surface area contributed by atoms with E-state index in [0.29, 0.717) is 12.8 Å². The molecule has 3 aromatic rings. The molecular weight excluding hydrogens is 352 g/mol. The predicted octanol–water partition coefficient (Wildman–Crippen LogP) is 5.50. The number of nitrogens with zero attached hydrogens (tertiary/aromatic N) is 1. The van der Waals surface area contributed by atoms with Crippen molar-refractivity contribution in [3.63, 3.8) is 0 Å². The minimum atomic E-state index is -0.0685. The number of amides is 1. The van der Waals surface area contributed by atoms with Crippen LogP contribution in [-0.2, 0) is 4.79 Å². The summed E-state index contributed by atoms with van der Waals surface area (Å²) < 4.78 is 4.98. The van der Waals surface area contributed by atoms with Gasteiger partial charge in [0.15, 0.2) is 0 Å². The van der Waals surface area contributed by atoms with E-state index in [9.17, 15) is 9.59 Å². The van der Waals surface area contributed by atoms with Crippen LogP contribution in [0.5, 0.6) is 0 Å². The Kier molecular flexibility index (Phi) is 7.13. The molecule has 0 spiro atoms. The third-order valence-electron chi connectivity index (χ3n) is 4.48. The third-order valence-corrected chi connectivity index (χ3v) is 4.48. The second-order valence-corrected chi connectivity index (χ2v) is 6.67. The maximum absolute atomic E-state index is 12.2. The molecule has 144 valence electrons. The van der Waals surface area contributed by atoms with Crippen molar-refractivity contribution < 1.29 is 14.0 Å². The van der Waals surface area contributed by atoms with Gasteiger partial charge in [0.2, 0.25) is 11.7 Å². The Hall–Kier alpha value is -3.21. The van der Waals surface area contributed by atoms with Crippen molar-refractivity contribution in [1.82, 2.24) is 4.98 Å². The Balaban J connectivity index is 1.35. The monoisotopic (exact) mass is 376 g/mol. The van der Waals surface area contributed by atoms with Gasteiger partial charge in [-0.15, -0.1) is 0 Å². The average molecular weight is 376 g/mol. The lowest BCUT2D eigenvalue weighted by Gasteiger charge is -2.08. The minimum absolute atomic E-state index is 0.0149. The van der Waals surface area contributed by atoms with E-state index in [1.54, 1.807) is 0 Å². The van der Waals surface area contributed by atoms with Gasteiger partial charge in [-0.05, 0) is 36.1 Å². The third kappa shape index (κ3) is 5.91. The fourth-order valence-corrected chi connectivity index (χ4v) is 3.02. The van der Waals surface area contributed by atoms with Crippen LogP contribution in [0.3, 0.4) is 0 Å². The number of oxazole rings is 1. The molecular formula is C23H24N2O3. The number of carbonyl (C=O) groups is 2. The van der Waals surface area contributed by atoms with E-state index < -0.39 is 0 Å². The summed E-state index contributed by atoms with van der Waals surface area (Å²) >= 11 is 0. The second kappa shape index (κ2) is 10.2. The Morgan fingerprint density at radius 2 is 1.61 bits per heavy atom. The number of unbranched alkanes of at least 4 members (excludes halogenated alkanes) is 3. The van der Waals surface area contributed by atoms with Crippen molar-refractivity contribution in [2.75, 3.05) is 5.32 Å². The molecule has 0 fully saturated rings. The van der Waals surface area contributed by atoms with Gasteiger partial charge in [-0.2, -0.15) is 0 Å². The van der Waals surface area contributed by atoms with E-state index in [2.05, 4.69) is 10.3 Å². The number of Topliss-reactive ketones (excluding diaryl/α,β-unsaturated/α-hetero) is 1. The lowest BCUT2D eigenvalue weighted by Crippen LogP contribution is -2.11. The van der Waals surface area contributed by atoms with Crippen LogP contribution >= 0.6 is 0 Å². The van der Waals surface area contributed by atoms with Gasteiger partial charge in [-0.3, -0.25) is 9.59 Å². The van der Waals surface area contributed by atoms with Gasteiger partial charge in [0, 0.05) is 18.5 Å². The van der Waals surface area contributed by atoms with Crippen molar-refractivity contribution in [2.45, 2.75) is 38.5 Å².